The Morgan fingerprint density at radius 1 is 1.48 bits per heavy atom. The predicted molar refractivity (Wildman–Crippen MR) is 79.6 cm³/mol. The van der Waals surface area contributed by atoms with Crippen LogP contribution in [0.4, 0.5) is 0 Å². The summed E-state index contributed by atoms with van der Waals surface area (Å²) in [5, 5.41) is 9.08. The number of aliphatic carboxylic acids is 1. The summed E-state index contributed by atoms with van der Waals surface area (Å²) >= 11 is 0. The number of carboxylic acids is 1. The summed E-state index contributed by atoms with van der Waals surface area (Å²) in [6, 6.07) is 8.16. The Morgan fingerprint density at radius 2 is 2.19 bits per heavy atom. The first-order chi connectivity index (χ1) is 10.2. The Morgan fingerprint density at radius 3 is 2.76 bits per heavy atom. The lowest BCUT2D eigenvalue weighted by molar-refractivity contribution is -0.141. The zero-order valence-electron chi connectivity index (χ0n) is 12.6. The van der Waals surface area contributed by atoms with Crippen molar-refractivity contribution in [1.82, 2.24) is 4.90 Å². The van der Waals surface area contributed by atoms with Crippen molar-refractivity contribution in [2.45, 2.75) is 31.8 Å². The van der Waals surface area contributed by atoms with Gasteiger partial charge in [0.25, 0.3) is 0 Å². The van der Waals surface area contributed by atoms with Gasteiger partial charge in [0.1, 0.15) is 5.75 Å². The Hall–Kier alpha value is -1.59. The standard InChI is InChI=1S/C16H23NO4/c1-3-15(12-4-6-14(20-2)7-5-12)17-8-9-21-11-13(17)10-16(18)19/h4-7,13,15H,3,8-11H2,1-2H3,(H,18,19). The van der Waals surface area contributed by atoms with Crippen molar-refractivity contribution in [2.24, 2.45) is 0 Å². The fourth-order valence-electron chi connectivity index (χ4n) is 2.94. The average Bonchev–Trinajstić information content (AvgIpc) is 2.50. The maximum Gasteiger partial charge on any atom is 0.305 e. The van der Waals surface area contributed by atoms with Crippen LogP contribution in [0.1, 0.15) is 31.4 Å². The van der Waals surface area contributed by atoms with Gasteiger partial charge in [-0.1, -0.05) is 19.1 Å². The summed E-state index contributed by atoms with van der Waals surface area (Å²) in [5.74, 6) is 0.0535. The van der Waals surface area contributed by atoms with Gasteiger partial charge in [-0.05, 0) is 24.1 Å². The second kappa shape index (κ2) is 7.43. The highest BCUT2D eigenvalue weighted by Crippen LogP contribution is 2.30. The number of benzene rings is 1. The molecule has 0 amide bonds. The highest BCUT2D eigenvalue weighted by atomic mass is 16.5. The minimum Gasteiger partial charge on any atom is -0.497 e. The van der Waals surface area contributed by atoms with E-state index in [9.17, 15) is 4.79 Å². The van der Waals surface area contributed by atoms with Crippen LogP contribution in [-0.4, -0.2) is 48.9 Å². The lowest BCUT2D eigenvalue weighted by Crippen LogP contribution is -2.48. The fraction of sp³-hybridized carbons (Fsp3) is 0.562. The van der Waals surface area contributed by atoms with Gasteiger partial charge in [0, 0.05) is 18.6 Å². The molecule has 0 spiro atoms. The maximum atomic E-state index is 11.0. The van der Waals surface area contributed by atoms with Crippen molar-refractivity contribution in [2.75, 3.05) is 26.9 Å². The summed E-state index contributed by atoms with van der Waals surface area (Å²) < 4.78 is 10.6. The molecule has 1 aliphatic heterocycles. The Balaban J connectivity index is 2.18. The Bertz CT molecular complexity index is 460. The number of carbonyl (C=O) groups is 1. The van der Waals surface area contributed by atoms with Gasteiger partial charge < -0.3 is 14.6 Å². The summed E-state index contributed by atoms with van der Waals surface area (Å²) in [5.41, 5.74) is 1.19. The topological polar surface area (TPSA) is 59.0 Å². The van der Waals surface area contributed by atoms with Crippen LogP contribution < -0.4 is 4.74 Å². The van der Waals surface area contributed by atoms with Crippen molar-refractivity contribution in [3.63, 3.8) is 0 Å². The molecule has 1 aromatic carbocycles. The molecule has 2 rings (SSSR count). The molecule has 2 atom stereocenters. The van der Waals surface area contributed by atoms with Crippen molar-refractivity contribution in [3.8, 4) is 5.75 Å². The van der Waals surface area contributed by atoms with E-state index in [0.29, 0.717) is 13.2 Å². The Kier molecular flexibility index (Phi) is 5.59. The van der Waals surface area contributed by atoms with E-state index >= 15 is 0 Å². The normalized spacial score (nSPS) is 21.0. The van der Waals surface area contributed by atoms with Gasteiger partial charge in [0.05, 0.1) is 26.7 Å². The lowest BCUT2D eigenvalue weighted by atomic mass is 9.99. The molecule has 1 saturated heterocycles. The third kappa shape index (κ3) is 3.95. The third-order valence-corrected chi connectivity index (χ3v) is 3.97. The zero-order chi connectivity index (χ0) is 15.2. The van der Waals surface area contributed by atoms with Crippen LogP contribution in [0, 0.1) is 0 Å². The molecule has 116 valence electrons. The third-order valence-electron chi connectivity index (χ3n) is 3.97. The monoisotopic (exact) mass is 293 g/mol. The zero-order valence-corrected chi connectivity index (χ0v) is 12.6. The molecule has 5 heteroatoms. The van der Waals surface area contributed by atoms with Crippen LogP contribution in [0.2, 0.25) is 0 Å². The molecule has 5 nitrogen and oxygen atoms in total. The van der Waals surface area contributed by atoms with Gasteiger partial charge in [-0.25, -0.2) is 0 Å². The Labute approximate surface area is 125 Å². The van der Waals surface area contributed by atoms with E-state index in [2.05, 4.69) is 24.0 Å². The van der Waals surface area contributed by atoms with Crippen LogP contribution in [-0.2, 0) is 9.53 Å². The largest absolute Gasteiger partial charge is 0.497 e. The first kappa shape index (κ1) is 15.8. The SMILES string of the molecule is CCC(c1ccc(OC)cc1)N1CCOCC1CC(=O)O. The van der Waals surface area contributed by atoms with Crippen molar-refractivity contribution in [1.29, 1.82) is 0 Å². The molecule has 0 bridgehead atoms. The maximum absolute atomic E-state index is 11.0. The lowest BCUT2D eigenvalue weighted by Gasteiger charge is -2.40. The van der Waals surface area contributed by atoms with E-state index in [1.165, 1.54) is 5.56 Å². The quantitative estimate of drug-likeness (QED) is 0.872. The van der Waals surface area contributed by atoms with Crippen molar-refractivity contribution < 1.29 is 19.4 Å². The van der Waals surface area contributed by atoms with Crippen molar-refractivity contribution >= 4 is 5.97 Å². The highest BCUT2D eigenvalue weighted by Gasteiger charge is 2.30. The molecular weight excluding hydrogens is 270 g/mol. The molecule has 0 aliphatic carbocycles. The van der Waals surface area contributed by atoms with Gasteiger partial charge in [-0.2, -0.15) is 0 Å². The molecule has 1 heterocycles. The first-order valence-corrected chi connectivity index (χ1v) is 7.35. The minimum atomic E-state index is -0.778. The molecule has 0 aromatic heterocycles. The summed E-state index contributed by atoms with van der Waals surface area (Å²) in [7, 11) is 1.65. The van der Waals surface area contributed by atoms with Crippen LogP contribution >= 0.6 is 0 Å². The van der Waals surface area contributed by atoms with Gasteiger partial charge >= 0.3 is 5.97 Å². The van der Waals surface area contributed by atoms with E-state index in [-0.39, 0.29) is 18.5 Å². The minimum absolute atomic E-state index is 0.0664. The van der Waals surface area contributed by atoms with E-state index in [0.717, 1.165) is 18.7 Å². The van der Waals surface area contributed by atoms with Gasteiger partial charge in [-0.15, -0.1) is 0 Å². The highest BCUT2D eigenvalue weighted by molar-refractivity contribution is 5.67. The average molecular weight is 293 g/mol. The van der Waals surface area contributed by atoms with E-state index < -0.39 is 5.97 Å². The van der Waals surface area contributed by atoms with Gasteiger partial charge in [0.2, 0.25) is 0 Å². The molecule has 1 fully saturated rings. The van der Waals surface area contributed by atoms with E-state index in [1.54, 1.807) is 7.11 Å². The number of methoxy groups -OCH3 is 1. The smallest absolute Gasteiger partial charge is 0.305 e. The van der Waals surface area contributed by atoms with E-state index in [1.807, 2.05) is 12.1 Å². The van der Waals surface area contributed by atoms with Gasteiger partial charge in [0.15, 0.2) is 0 Å². The van der Waals surface area contributed by atoms with Crippen LogP contribution in [0.3, 0.4) is 0 Å². The molecular formula is C16H23NO4. The molecule has 1 aliphatic rings. The number of hydrogen-bond donors (Lipinski definition) is 1. The number of ether oxygens (including phenoxy) is 2. The van der Waals surface area contributed by atoms with Crippen LogP contribution in [0.5, 0.6) is 5.75 Å². The molecule has 1 aromatic rings. The van der Waals surface area contributed by atoms with Crippen LogP contribution in [0.15, 0.2) is 24.3 Å². The molecule has 2 unspecified atom stereocenters. The van der Waals surface area contributed by atoms with E-state index in [4.69, 9.17) is 14.6 Å². The number of nitrogens with zero attached hydrogens (tertiary/aromatic N) is 1. The number of morpholine rings is 1. The van der Waals surface area contributed by atoms with Crippen molar-refractivity contribution in [3.05, 3.63) is 29.8 Å². The second-order valence-electron chi connectivity index (χ2n) is 5.26. The van der Waals surface area contributed by atoms with Gasteiger partial charge in [-0.3, -0.25) is 9.69 Å². The molecule has 21 heavy (non-hydrogen) atoms. The fourth-order valence-corrected chi connectivity index (χ4v) is 2.94. The summed E-state index contributed by atoms with van der Waals surface area (Å²) in [4.78, 5) is 13.3. The second-order valence-corrected chi connectivity index (χ2v) is 5.26. The predicted octanol–water partition coefficient (Wildman–Crippen LogP) is 2.32. The summed E-state index contributed by atoms with van der Waals surface area (Å²) in [6.07, 6.45) is 1.05. The number of rotatable bonds is 6. The number of hydrogen-bond acceptors (Lipinski definition) is 4. The molecule has 1 N–H and O–H groups in total. The first-order valence-electron chi connectivity index (χ1n) is 7.35. The summed E-state index contributed by atoms with van der Waals surface area (Å²) in [6.45, 7) is 4.03. The molecule has 0 radical (unpaired) electrons. The molecule has 0 saturated carbocycles. The number of carboxylic acid groups (broad SMARTS) is 1. The van der Waals surface area contributed by atoms with Crippen LogP contribution in [0.25, 0.3) is 0 Å².